The summed E-state index contributed by atoms with van der Waals surface area (Å²) < 4.78 is 0. The summed E-state index contributed by atoms with van der Waals surface area (Å²) in [7, 11) is 0. The first-order chi connectivity index (χ1) is 10.1. The maximum absolute atomic E-state index is 9.66. The zero-order chi connectivity index (χ0) is 15.2. The van der Waals surface area contributed by atoms with Crippen molar-refractivity contribution in [3.8, 4) is 0 Å². The third kappa shape index (κ3) is 4.94. The van der Waals surface area contributed by atoms with Gasteiger partial charge in [-0.2, -0.15) is 0 Å². The number of nitrogens with zero attached hydrogens (tertiary/aromatic N) is 1. The van der Waals surface area contributed by atoms with Crippen LogP contribution in [0.4, 0.5) is 0 Å². The summed E-state index contributed by atoms with van der Waals surface area (Å²) in [6.45, 7) is 9.26. The molecule has 3 nitrogen and oxygen atoms in total. The summed E-state index contributed by atoms with van der Waals surface area (Å²) >= 11 is 0. The molecule has 2 fully saturated rings. The van der Waals surface area contributed by atoms with Crippen LogP contribution in [-0.2, 0) is 0 Å². The molecule has 124 valence electrons. The summed E-state index contributed by atoms with van der Waals surface area (Å²) in [6, 6.07) is 0. The lowest BCUT2D eigenvalue weighted by Crippen LogP contribution is -2.49. The van der Waals surface area contributed by atoms with Crippen LogP contribution < -0.4 is 5.32 Å². The number of hydrogen-bond donors (Lipinski definition) is 2. The van der Waals surface area contributed by atoms with Crippen molar-refractivity contribution in [1.82, 2.24) is 10.2 Å². The fraction of sp³-hybridized carbons (Fsp3) is 1.00. The van der Waals surface area contributed by atoms with E-state index in [1.165, 1.54) is 58.0 Å². The van der Waals surface area contributed by atoms with Crippen LogP contribution in [0, 0.1) is 5.41 Å². The maximum atomic E-state index is 9.66. The summed E-state index contributed by atoms with van der Waals surface area (Å²) in [5, 5.41) is 13.2. The van der Waals surface area contributed by atoms with E-state index >= 15 is 0 Å². The highest BCUT2D eigenvalue weighted by atomic mass is 16.3. The van der Waals surface area contributed by atoms with E-state index in [-0.39, 0.29) is 12.1 Å². The zero-order valence-electron chi connectivity index (χ0n) is 14.3. The Morgan fingerprint density at radius 2 is 1.76 bits per heavy atom. The molecule has 3 heteroatoms. The number of aliphatic hydroxyl groups excluding tert-OH is 1. The average molecular weight is 296 g/mol. The number of rotatable bonds is 7. The van der Waals surface area contributed by atoms with Gasteiger partial charge in [-0.15, -0.1) is 0 Å². The van der Waals surface area contributed by atoms with Crippen molar-refractivity contribution < 1.29 is 5.11 Å². The van der Waals surface area contributed by atoms with Gasteiger partial charge in [0.15, 0.2) is 0 Å². The van der Waals surface area contributed by atoms with Crippen molar-refractivity contribution in [2.75, 3.05) is 32.8 Å². The number of piperidine rings is 1. The summed E-state index contributed by atoms with van der Waals surface area (Å²) in [5.41, 5.74) is 0.603. The van der Waals surface area contributed by atoms with Gasteiger partial charge in [-0.05, 0) is 77.0 Å². The molecule has 0 aromatic heterocycles. The van der Waals surface area contributed by atoms with Gasteiger partial charge in [0.25, 0.3) is 0 Å². The van der Waals surface area contributed by atoms with Gasteiger partial charge in [0, 0.05) is 5.54 Å². The smallest absolute Gasteiger partial charge is 0.0611 e. The molecule has 1 spiro atoms. The molecule has 1 heterocycles. The maximum Gasteiger partial charge on any atom is 0.0611 e. The van der Waals surface area contributed by atoms with E-state index in [2.05, 4.69) is 24.1 Å². The van der Waals surface area contributed by atoms with Crippen molar-refractivity contribution in [2.45, 2.75) is 77.2 Å². The highest BCUT2D eigenvalue weighted by molar-refractivity contribution is 4.90. The molecule has 0 bridgehead atoms. The van der Waals surface area contributed by atoms with Crippen molar-refractivity contribution >= 4 is 0 Å². The molecule has 1 unspecified atom stereocenters. The van der Waals surface area contributed by atoms with E-state index in [9.17, 15) is 5.11 Å². The third-order valence-corrected chi connectivity index (χ3v) is 5.96. The Kier molecular flexibility index (Phi) is 6.51. The minimum absolute atomic E-state index is 0.101. The fourth-order valence-electron chi connectivity index (χ4n) is 4.11. The molecule has 2 N–H and O–H groups in total. The molecule has 1 aliphatic heterocycles. The molecule has 2 aliphatic rings. The lowest BCUT2D eigenvalue weighted by atomic mass is 9.68. The molecule has 0 amide bonds. The van der Waals surface area contributed by atoms with E-state index in [4.69, 9.17) is 0 Å². The Hall–Kier alpha value is -0.120. The molecule has 1 saturated heterocycles. The van der Waals surface area contributed by atoms with Crippen LogP contribution in [0.15, 0.2) is 0 Å². The Bertz CT molecular complexity index is 292. The predicted octanol–water partition coefficient (Wildman–Crippen LogP) is 3.17. The van der Waals surface area contributed by atoms with Crippen LogP contribution in [0.3, 0.4) is 0 Å². The van der Waals surface area contributed by atoms with Gasteiger partial charge in [-0.3, -0.25) is 0 Å². The normalized spacial score (nSPS) is 25.9. The fourth-order valence-corrected chi connectivity index (χ4v) is 4.11. The highest BCUT2D eigenvalue weighted by Crippen LogP contribution is 2.44. The largest absolute Gasteiger partial charge is 0.394 e. The second-order valence-corrected chi connectivity index (χ2v) is 7.80. The molecule has 1 aliphatic carbocycles. The van der Waals surface area contributed by atoms with Crippen LogP contribution in [0.25, 0.3) is 0 Å². The molecular weight excluding hydrogens is 260 g/mol. The summed E-state index contributed by atoms with van der Waals surface area (Å²) in [5.74, 6) is 0. The quantitative estimate of drug-likeness (QED) is 0.757. The molecule has 21 heavy (non-hydrogen) atoms. The zero-order valence-corrected chi connectivity index (χ0v) is 14.3. The molecule has 0 radical (unpaired) electrons. The van der Waals surface area contributed by atoms with Crippen molar-refractivity contribution in [3.05, 3.63) is 0 Å². The van der Waals surface area contributed by atoms with E-state index in [1.54, 1.807) is 0 Å². The van der Waals surface area contributed by atoms with E-state index in [1.807, 2.05) is 0 Å². The first-order valence-electron chi connectivity index (χ1n) is 9.20. The van der Waals surface area contributed by atoms with Crippen molar-refractivity contribution in [3.63, 3.8) is 0 Å². The molecule has 2 rings (SSSR count). The van der Waals surface area contributed by atoms with Crippen molar-refractivity contribution in [1.29, 1.82) is 0 Å². The van der Waals surface area contributed by atoms with E-state index < -0.39 is 0 Å². The first-order valence-corrected chi connectivity index (χ1v) is 9.20. The second-order valence-electron chi connectivity index (χ2n) is 7.80. The minimum atomic E-state index is -0.101. The molecule has 1 atom stereocenters. The number of nitrogens with one attached hydrogen (secondary N) is 1. The SMILES string of the molecule is CCCNC(C)(CO)CCN1CCC2(CCCCC2)CC1. The minimum Gasteiger partial charge on any atom is -0.394 e. The summed E-state index contributed by atoms with van der Waals surface area (Å²) in [4.78, 5) is 2.63. The standard InChI is InChI=1S/C18H36N2O/c1-3-12-19-17(2,16-21)9-13-20-14-10-18(11-15-20)7-5-4-6-8-18/h19,21H,3-16H2,1-2H3. The van der Waals surface area contributed by atoms with Gasteiger partial charge in [0.2, 0.25) is 0 Å². The number of aliphatic hydroxyl groups is 1. The number of likely N-dealkylation sites (tertiary alicyclic amines) is 1. The van der Waals surface area contributed by atoms with Crippen LogP contribution in [0.2, 0.25) is 0 Å². The van der Waals surface area contributed by atoms with Gasteiger partial charge in [-0.25, -0.2) is 0 Å². The Morgan fingerprint density at radius 1 is 1.10 bits per heavy atom. The van der Waals surface area contributed by atoms with Crippen molar-refractivity contribution in [2.24, 2.45) is 5.41 Å². The van der Waals surface area contributed by atoms with Gasteiger partial charge < -0.3 is 15.3 Å². The van der Waals surface area contributed by atoms with Crippen LogP contribution >= 0.6 is 0 Å². The molecular formula is C18H36N2O. The van der Waals surface area contributed by atoms with Gasteiger partial charge in [-0.1, -0.05) is 26.2 Å². The van der Waals surface area contributed by atoms with E-state index in [0.29, 0.717) is 5.41 Å². The monoisotopic (exact) mass is 296 g/mol. The van der Waals surface area contributed by atoms with Crippen LogP contribution in [0.5, 0.6) is 0 Å². The first kappa shape index (κ1) is 17.2. The Morgan fingerprint density at radius 3 is 2.33 bits per heavy atom. The van der Waals surface area contributed by atoms with Crippen LogP contribution in [0.1, 0.15) is 71.6 Å². The average Bonchev–Trinajstić information content (AvgIpc) is 2.53. The topological polar surface area (TPSA) is 35.5 Å². The van der Waals surface area contributed by atoms with Gasteiger partial charge in [0.1, 0.15) is 0 Å². The third-order valence-electron chi connectivity index (χ3n) is 5.96. The second kappa shape index (κ2) is 7.94. The predicted molar refractivity (Wildman–Crippen MR) is 89.6 cm³/mol. The highest BCUT2D eigenvalue weighted by Gasteiger charge is 2.35. The van der Waals surface area contributed by atoms with Gasteiger partial charge in [0.05, 0.1) is 6.61 Å². The number of hydrogen-bond acceptors (Lipinski definition) is 3. The lowest BCUT2D eigenvalue weighted by Gasteiger charge is -2.45. The van der Waals surface area contributed by atoms with Crippen LogP contribution in [-0.4, -0.2) is 48.3 Å². The molecule has 1 saturated carbocycles. The molecule has 0 aromatic rings. The Balaban J connectivity index is 1.72. The molecule has 0 aromatic carbocycles. The lowest BCUT2D eigenvalue weighted by molar-refractivity contribution is 0.0588. The Labute approximate surface area is 131 Å². The van der Waals surface area contributed by atoms with Gasteiger partial charge >= 0.3 is 0 Å². The van der Waals surface area contributed by atoms with E-state index in [0.717, 1.165) is 25.9 Å². The summed E-state index contributed by atoms with van der Waals surface area (Å²) in [6.07, 6.45) is 12.3.